The summed E-state index contributed by atoms with van der Waals surface area (Å²) in [5, 5.41) is 1.49. The van der Waals surface area contributed by atoms with Crippen molar-refractivity contribution < 1.29 is 9.53 Å². The van der Waals surface area contributed by atoms with Gasteiger partial charge in [0.15, 0.2) is 0 Å². The second-order valence-corrected chi connectivity index (χ2v) is 12.1. The molecule has 1 aliphatic carbocycles. The third-order valence-corrected chi connectivity index (χ3v) is 6.45. The Morgan fingerprint density at radius 1 is 1.23 bits per heavy atom. The van der Waals surface area contributed by atoms with Gasteiger partial charge in [-0.1, -0.05) is 73.4 Å². The lowest BCUT2D eigenvalue weighted by Gasteiger charge is -2.41. The van der Waals surface area contributed by atoms with Gasteiger partial charge in [-0.2, -0.15) is 0 Å². The molecule has 1 aromatic rings. The topological polar surface area (TPSA) is 26.3 Å². The summed E-state index contributed by atoms with van der Waals surface area (Å²) in [7, 11) is -1.50. The zero-order chi connectivity index (χ0) is 16.2. The van der Waals surface area contributed by atoms with Gasteiger partial charge in [0.2, 0.25) is 0 Å². The Morgan fingerprint density at radius 2 is 1.91 bits per heavy atom. The van der Waals surface area contributed by atoms with E-state index in [1.165, 1.54) is 17.7 Å². The first-order chi connectivity index (χ1) is 10.3. The van der Waals surface area contributed by atoms with Crippen LogP contribution in [0.25, 0.3) is 0 Å². The molecular weight excluding hydrogens is 288 g/mol. The second kappa shape index (κ2) is 6.65. The summed E-state index contributed by atoms with van der Waals surface area (Å²) in [4.78, 5) is 11.4. The highest BCUT2D eigenvalue weighted by Gasteiger charge is 2.40. The Labute approximate surface area is 134 Å². The van der Waals surface area contributed by atoms with E-state index < -0.39 is 8.07 Å². The van der Waals surface area contributed by atoms with E-state index in [0.717, 1.165) is 12.8 Å². The normalized spacial score (nSPS) is 21.4. The van der Waals surface area contributed by atoms with Crippen molar-refractivity contribution in [2.75, 3.05) is 6.61 Å². The molecule has 0 aliphatic heterocycles. The van der Waals surface area contributed by atoms with Gasteiger partial charge < -0.3 is 4.74 Å². The Morgan fingerprint density at radius 3 is 2.50 bits per heavy atom. The van der Waals surface area contributed by atoms with E-state index >= 15 is 0 Å². The van der Waals surface area contributed by atoms with Crippen LogP contribution in [0.1, 0.15) is 18.9 Å². The van der Waals surface area contributed by atoms with Gasteiger partial charge in [0.1, 0.15) is 6.61 Å². The average Bonchev–Trinajstić information content (AvgIpc) is 2.46. The van der Waals surface area contributed by atoms with Crippen LogP contribution < -0.4 is 0 Å². The molecule has 0 heterocycles. The molecular formula is C19H26O2Si. The maximum absolute atomic E-state index is 11.4. The van der Waals surface area contributed by atoms with Crippen molar-refractivity contribution in [1.82, 2.24) is 0 Å². The van der Waals surface area contributed by atoms with Crippen molar-refractivity contribution in [2.45, 2.75) is 39.4 Å². The number of benzene rings is 1. The van der Waals surface area contributed by atoms with Crippen LogP contribution in [-0.4, -0.2) is 20.7 Å². The predicted molar refractivity (Wildman–Crippen MR) is 94.4 cm³/mol. The summed E-state index contributed by atoms with van der Waals surface area (Å²) in [5.74, 6) is -0.207. The number of ether oxygens (including phenoxy) is 1. The molecule has 0 bridgehead atoms. The number of carbonyl (C=O) groups excluding carboxylic acids is 1. The average molecular weight is 315 g/mol. The molecule has 0 saturated heterocycles. The molecule has 2 rings (SSSR count). The Balaban J connectivity index is 2.39. The molecule has 3 heteroatoms. The first kappa shape index (κ1) is 16.8. The minimum absolute atomic E-state index is 0.185. The summed E-state index contributed by atoms with van der Waals surface area (Å²) in [5.41, 5.74) is 1.10. The van der Waals surface area contributed by atoms with Crippen LogP contribution in [0.3, 0.4) is 0 Å². The summed E-state index contributed by atoms with van der Waals surface area (Å²) in [6.07, 6.45) is 8.70. The van der Waals surface area contributed by atoms with E-state index in [9.17, 15) is 4.79 Å². The molecule has 118 valence electrons. The predicted octanol–water partition coefficient (Wildman–Crippen LogP) is 4.54. The maximum atomic E-state index is 11.4. The van der Waals surface area contributed by atoms with Crippen molar-refractivity contribution >= 4 is 14.0 Å². The minimum Gasteiger partial charge on any atom is -0.465 e. The molecule has 0 amide bonds. The highest BCUT2D eigenvalue weighted by molar-refractivity contribution is 6.83. The van der Waals surface area contributed by atoms with Gasteiger partial charge in [-0.25, -0.2) is 0 Å². The lowest BCUT2D eigenvalue weighted by molar-refractivity contribution is -0.143. The van der Waals surface area contributed by atoms with Crippen LogP contribution in [0.4, 0.5) is 0 Å². The van der Waals surface area contributed by atoms with E-state index in [4.69, 9.17) is 4.74 Å². The van der Waals surface area contributed by atoms with E-state index in [1.807, 2.05) is 6.07 Å². The van der Waals surface area contributed by atoms with Crippen molar-refractivity contribution in [3.05, 3.63) is 59.3 Å². The van der Waals surface area contributed by atoms with Crippen LogP contribution in [0.2, 0.25) is 19.6 Å². The third kappa shape index (κ3) is 3.98. The molecule has 0 aromatic heterocycles. The highest BCUT2D eigenvalue weighted by atomic mass is 28.3. The zero-order valence-electron chi connectivity index (χ0n) is 14.1. The lowest BCUT2D eigenvalue weighted by Crippen LogP contribution is -2.42. The minimum atomic E-state index is -1.50. The molecule has 1 aromatic carbocycles. The molecule has 0 N–H and O–H groups in total. The molecule has 2 nitrogen and oxygen atoms in total. The quantitative estimate of drug-likeness (QED) is 0.453. The Hall–Kier alpha value is -1.61. The van der Waals surface area contributed by atoms with Crippen LogP contribution in [0.5, 0.6) is 0 Å². The first-order valence-corrected chi connectivity index (χ1v) is 11.4. The van der Waals surface area contributed by atoms with Crippen molar-refractivity contribution in [3.63, 3.8) is 0 Å². The fourth-order valence-corrected chi connectivity index (χ4v) is 5.81. The maximum Gasteiger partial charge on any atom is 0.302 e. The van der Waals surface area contributed by atoms with Gasteiger partial charge in [-0.05, 0) is 18.4 Å². The Bertz CT molecular complexity index is 581. The van der Waals surface area contributed by atoms with E-state index in [2.05, 4.69) is 62.1 Å². The summed E-state index contributed by atoms with van der Waals surface area (Å²) < 4.78 is 5.47. The number of esters is 1. The smallest absolute Gasteiger partial charge is 0.302 e. The van der Waals surface area contributed by atoms with Gasteiger partial charge in [0.25, 0.3) is 0 Å². The summed E-state index contributed by atoms with van der Waals surface area (Å²) in [6, 6.07) is 10.5. The summed E-state index contributed by atoms with van der Waals surface area (Å²) in [6.45, 7) is 9.02. The molecule has 0 radical (unpaired) electrons. The van der Waals surface area contributed by atoms with E-state index in [1.54, 1.807) is 0 Å². The van der Waals surface area contributed by atoms with Crippen LogP contribution >= 0.6 is 0 Å². The standard InChI is InChI=1S/C19H26O2Si/c1-16(20)21-15-19(14-17-10-6-5-7-11-17)13-9-8-12-18(19)22(2,3)4/h5-7,9-13H,8,14-15H2,1-4H3. The van der Waals surface area contributed by atoms with Gasteiger partial charge in [-0.3, -0.25) is 4.79 Å². The van der Waals surface area contributed by atoms with Crippen LogP contribution in [0.15, 0.2) is 53.8 Å². The number of rotatable bonds is 5. The fraction of sp³-hybridized carbons (Fsp3) is 0.421. The SMILES string of the molecule is CC(=O)OCC1(Cc2ccccc2)C=CCC=C1[Si](C)(C)C. The highest BCUT2D eigenvalue weighted by Crippen LogP contribution is 2.41. The molecule has 22 heavy (non-hydrogen) atoms. The molecule has 0 saturated carbocycles. The van der Waals surface area contributed by atoms with E-state index in [0.29, 0.717) is 6.61 Å². The number of hydrogen-bond donors (Lipinski definition) is 0. The monoisotopic (exact) mass is 314 g/mol. The van der Waals surface area contributed by atoms with Crippen LogP contribution in [0, 0.1) is 5.41 Å². The molecule has 0 fully saturated rings. The van der Waals surface area contributed by atoms with Gasteiger partial charge in [-0.15, -0.1) is 0 Å². The second-order valence-electron chi connectivity index (χ2n) is 7.10. The van der Waals surface area contributed by atoms with Crippen LogP contribution in [-0.2, 0) is 16.0 Å². The molecule has 1 unspecified atom stereocenters. The number of hydrogen-bond acceptors (Lipinski definition) is 2. The van der Waals surface area contributed by atoms with Gasteiger partial charge in [0.05, 0.1) is 8.07 Å². The lowest BCUT2D eigenvalue weighted by atomic mass is 9.78. The Kier molecular flexibility index (Phi) is 5.07. The third-order valence-electron chi connectivity index (χ3n) is 4.13. The number of carbonyl (C=O) groups is 1. The van der Waals surface area contributed by atoms with Crippen molar-refractivity contribution in [1.29, 1.82) is 0 Å². The molecule has 0 spiro atoms. The molecule has 1 atom stereocenters. The molecule has 1 aliphatic rings. The van der Waals surface area contributed by atoms with Crippen molar-refractivity contribution in [3.8, 4) is 0 Å². The fourth-order valence-electron chi connectivity index (χ4n) is 3.35. The summed E-state index contributed by atoms with van der Waals surface area (Å²) >= 11 is 0. The zero-order valence-corrected chi connectivity index (χ0v) is 15.1. The largest absolute Gasteiger partial charge is 0.465 e. The van der Waals surface area contributed by atoms with E-state index in [-0.39, 0.29) is 11.4 Å². The first-order valence-electron chi connectivity index (χ1n) is 7.90. The number of allylic oxidation sites excluding steroid dienone is 2. The van der Waals surface area contributed by atoms with Gasteiger partial charge >= 0.3 is 5.97 Å². The van der Waals surface area contributed by atoms with Gasteiger partial charge in [0, 0.05) is 12.3 Å². The van der Waals surface area contributed by atoms with Crippen molar-refractivity contribution in [2.24, 2.45) is 5.41 Å².